The first kappa shape index (κ1) is 15.6. The Kier molecular flexibility index (Phi) is 3.13. The summed E-state index contributed by atoms with van der Waals surface area (Å²) in [5.41, 5.74) is 3.50. The second-order valence-corrected chi connectivity index (χ2v) is 6.61. The quantitative estimate of drug-likeness (QED) is 0.520. The molecule has 1 aromatic carbocycles. The van der Waals surface area contributed by atoms with E-state index in [2.05, 4.69) is 15.9 Å². The molecule has 1 saturated heterocycles. The minimum Gasteiger partial charge on any atom is -0.441 e. The second kappa shape index (κ2) is 5.42. The van der Waals surface area contributed by atoms with E-state index < -0.39 is 0 Å². The SMILES string of the molecule is C#Cc1ccc2c(c1)C(=O)N1CCC1c1c(-c3ocnc3C(C)=O)ncn1-2. The highest BCUT2D eigenvalue weighted by atomic mass is 16.3. The number of nitrogens with zero attached hydrogens (tertiary/aromatic N) is 4. The van der Waals surface area contributed by atoms with Crippen molar-refractivity contribution in [1.29, 1.82) is 0 Å². The van der Waals surface area contributed by atoms with Gasteiger partial charge in [0.1, 0.15) is 12.0 Å². The van der Waals surface area contributed by atoms with E-state index >= 15 is 0 Å². The van der Waals surface area contributed by atoms with Gasteiger partial charge in [0.05, 0.1) is 23.0 Å². The Bertz CT molecular complexity index is 1160. The van der Waals surface area contributed by atoms with Gasteiger partial charge in [-0.05, 0) is 24.6 Å². The number of hydrogen-bond donors (Lipinski definition) is 0. The first-order valence-corrected chi connectivity index (χ1v) is 8.54. The third-order valence-electron chi connectivity index (χ3n) is 5.17. The van der Waals surface area contributed by atoms with Crippen molar-refractivity contribution in [2.45, 2.75) is 19.4 Å². The minimum absolute atomic E-state index is 0.0580. The van der Waals surface area contributed by atoms with Gasteiger partial charge < -0.3 is 9.32 Å². The summed E-state index contributed by atoms with van der Waals surface area (Å²) in [7, 11) is 0. The van der Waals surface area contributed by atoms with Crippen LogP contribution in [0.1, 0.15) is 51.5 Å². The van der Waals surface area contributed by atoms with Crippen molar-refractivity contribution in [3.05, 3.63) is 53.4 Å². The second-order valence-electron chi connectivity index (χ2n) is 6.61. The summed E-state index contributed by atoms with van der Waals surface area (Å²) >= 11 is 0. The predicted molar refractivity (Wildman–Crippen MR) is 95.4 cm³/mol. The standard InChI is InChI=1S/C20H14N4O3/c1-3-12-4-5-14-13(8-12)20(26)23-7-6-15(23)18-17(21-9-24(14)18)19-16(11(2)25)22-10-27-19/h1,4-5,8-10,15H,6-7H2,2H3. The molecule has 0 bridgehead atoms. The molecule has 0 saturated carbocycles. The summed E-state index contributed by atoms with van der Waals surface area (Å²) in [6.45, 7) is 2.09. The molecule has 1 unspecified atom stereocenters. The number of terminal acetylenes is 1. The monoisotopic (exact) mass is 358 g/mol. The molecular weight excluding hydrogens is 344 g/mol. The summed E-state index contributed by atoms with van der Waals surface area (Å²) in [4.78, 5) is 35.3. The number of fused-ring (bicyclic) bond motifs is 5. The van der Waals surface area contributed by atoms with Crippen LogP contribution in [0.5, 0.6) is 0 Å². The maximum absolute atomic E-state index is 13.0. The number of imidazole rings is 1. The lowest BCUT2D eigenvalue weighted by Crippen LogP contribution is -2.44. The van der Waals surface area contributed by atoms with Gasteiger partial charge in [0.25, 0.3) is 5.91 Å². The summed E-state index contributed by atoms with van der Waals surface area (Å²) in [6.07, 6.45) is 9.21. The average Bonchev–Trinajstić information content (AvgIpc) is 3.25. The van der Waals surface area contributed by atoms with Gasteiger partial charge in [0, 0.05) is 19.0 Å². The zero-order valence-corrected chi connectivity index (χ0v) is 14.5. The number of aromatic nitrogens is 3. The molecule has 0 radical (unpaired) electrons. The van der Waals surface area contributed by atoms with Crippen LogP contribution in [0.2, 0.25) is 0 Å². The number of carbonyl (C=O) groups is 2. The molecule has 2 aliphatic heterocycles. The third kappa shape index (κ3) is 2.04. The van der Waals surface area contributed by atoms with Crippen LogP contribution in [0.4, 0.5) is 0 Å². The summed E-state index contributed by atoms with van der Waals surface area (Å²) in [5, 5.41) is 0. The highest BCUT2D eigenvalue weighted by Gasteiger charge is 2.42. The third-order valence-corrected chi connectivity index (χ3v) is 5.17. The number of amides is 1. The fourth-order valence-electron chi connectivity index (χ4n) is 3.78. The average molecular weight is 358 g/mol. The summed E-state index contributed by atoms with van der Waals surface area (Å²) in [5.74, 6) is 2.65. The van der Waals surface area contributed by atoms with Crippen molar-refractivity contribution in [3.8, 4) is 29.5 Å². The van der Waals surface area contributed by atoms with E-state index in [1.165, 1.54) is 13.3 Å². The van der Waals surface area contributed by atoms with Crippen LogP contribution in [0.25, 0.3) is 17.1 Å². The van der Waals surface area contributed by atoms with Crippen LogP contribution in [0, 0.1) is 12.3 Å². The molecular formula is C20H14N4O3. The first-order chi connectivity index (χ1) is 13.1. The van der Waals surface area contributed by atoms with E-state index in [1.807, 2.05) is 10.6 Å². The van der Waals surface area contributed by atoms with Crippen molar-refractivity contribution in [2.24, 2.45) is 0 Å². The molecule has 3 aromatic rings. The number of ketones is 1. The zero-order valence-electron chi connectivity index (χ0n) is 14.5. The van der Waals surface area contributed by atoms with Gasteiger partial charge in [-0.15, -0.1) is 6.42 Å². The van der Waals surface area contributed by atoms with Gasteiger partial charge >= 0.3 is 0 Å². The van der Waals surface area contributed by atoms with Gasteiger partial charge in [0.15, 0.2) is 23.6 Å². The Balaban J connectivity index is 1.78. The van der Waals surface area contributed by atoms with Crippen molar-refractivity contribution in [3.63, 3.8) is 0 Å². The van der Waals surface area contributed by atoms with E-state index in [4.69, 9.17) is 10.8 Å². The molecule has 5 rings (SSSR count). The highest BCUT2D eigenvalue weighted by molar-refractivity contribution is 6.00. The fourth-order valence-corrected chi connectivity index (χ4v) is 3.78. The van der Waals surface area contributed by atoms with E-state index in [9.17, 15) is 9.59 Å². The molecule has 0 N–H and O–H groups in total. The smallest absolute Gasteiger partial charge is 0.256 e. The minimum atomic E-state index is -0.199. The van der Waals surface area contributed by atoms with E-state index in [-0.39, 0.29) is 23.4 Å². The number of Topliss-reactive ketones (excluding diaryl/α,β-unsaturated/α-hetero) is 1. The molecule has 7 nitrogen and oxygen atoms in total. The molecule has 7 heteroatoms. The van der Waals surface area contributed by atoms with Crippen molar-refractivity contribution < 1.29 is 14.0 Å². The topological polar surface area (TPSA) is 81.2 Å². The first-order valence-electron chi connectivity index (χ1n) is 8.54. The molecule has 4 heterocycles. The Morgan fingerprint density at radius 3 is 2.93 bits per heavy atom. The van der Waals surface area contributed by atoms with Gasteiger partial charge in [-0.3, -0.25) is 14.2 Å². The maximum atomic E-state index is 13.0. The number of rotatable bonds is 2. The van der Waals surface area contributed by atoms with Gasteiger partial charge in [-0.1, -0.05) is 5.92 Å². The Morgan fingerprint density at radius 2 is 2.22 bits per heavy atom. The Labute approximate surface area is 154 Å². The number of hydrogen-bond acceptors (Lipinski definition) is 5. The molecule has 0 aliphatic carbocycles. The molecule has 27 heavy (non-hydrogen) atoms. The van der Waals surface area contributed by atoms with Crippen LogP contribution in [0.3, 0.4) is 0 Å². The molecule has 1 atom stereocenters. The summed E-state index contributed by atoms with van der Waals surface area (Å²) < 4.78 is 7.39. The molecule has 1 fully saturated rings. The van der Waals surface area contributed by atoms with Crippen LogP contribution >= 0.6 is 0 Å². The van der Waals surface area contributed by atoms with Crippen molar-refractivity contribution in [2.75, 3.05) is 6.54 Å². The Morgan fingerprint density at radius 1 is 1.37 bits per heavy atom. The zero-order chi connectivity index (χ0) is 18.7. The van der Waals surface area contributed by atoms with Gasteiger partial charge in [-0.2, -0.15) is 0 Å². The molecule has 2 aromatic heterocycles. The summed E-state index contributed by atoms with van der Waals surface area (Å²) in [6, 6.07) is 5.22. The van der Waals surface area contributed by atoms with Gasteiger partial charge in [-0.25, -0.2) is 9.97 Å². The predicted octanol–water partition coefficient (Wildman–Crippen LogP) is 2.61. The van der Waals surface area contributed by atoms with Crippen LogP contribution < -0.4 is 0 Å². The van der Waals surface area contributed by atoms with Crippen LogP contribution in [-0.2, 0) is 0 Å². The van der Waals surface area contributed by atoms with E-state index in [0.717, 1.165) is 12.1 Å². The van der Waals surface area contributed by atoms with Crippen molar-refractivity contribution in [1.82, 2.24) is 19.4 Å². The molecule has 132 valence electrons. The number of carbonyl (C=O) groups excluding carboxylic acids is 2. The lowest BCUT2D eigenvalue weighted by atomic mass is 9.96. The number of oxazole rings is 1. The largest absolute Gasteiger partial charge is 0.441 e. The van der Waals surface area contributed by atoms with E-state index in [0.29, 0.717) is 34.8 Å². The molecule has 0 spiro atoms. The Hall–Kier alpha value is -3.66. The normalized spacial score (nSPS) is 17.3. The lowest BCUT2D eigenvalue weighted by Gasteiger charge is -2.39. The molecule has 2 aliphatic rings. The van der Waals surface area contributed by atoms with Crippen LogP contribution in [0.15, 0.2) is 35.3 Å². The van der Waals surface area contributed by atoms with Gasteiger partial charge in [0.2, 0.25) is 0 Å². The number of benzene rings is 1. The van der Waals surface area contributed by atoms with Crippen molar-refractivity contribution >= 4 is 11.7 Å². The lowest BCUT2D eigenvalue weighted by molar-refractivity contribution is 0.0461. The molecule has 1 amide bonds. The fraction of sp³-hybridized carbons (Fsp3) is 0.200. The van der Waals surface area contributed by atoms with E-state index in [1.54, 1.807) is 23.4 Å². The maximum Gasteiger partial charge on any atom is 0.256 e. The van der Waals surface area contributed by atoms with Crippen LogP contribution in [-0.4, -0.2) is 37.7 Å². The highest BCUT2D eigenvalue weighted by Crippen LogP contribution is 2.44.